The van der Waals surface area contributed by atoms with Crippen LogP contribution in [0.1, 0.15) is 34.6 Å². The van der Waals surface area contributed by atoms with Gasteiger partial charge >= 0.3 is 6.09 Å². The van der Waals surface area contributed by atoms with Gasteiger partial charge in [-0.05, 0) is 46.8 Å². The van der Waals surface area contributed by atoms with Crippen LogP contribution >= 0.6 is 0 Å². The molecule has 0 aromatic heterocycles. The van der Waals surface area contributed by atoms with Gasteiger partial charge in [0.05, 0.1) is 17.5 Å². The molecule has 0 saturated heterocycles. The monoisotopic (exact) mass is 358 g/mol. The summed E-state index contributed by atoms with van der Waals surface area (Å²) in [6.07, 6.45) is -0.510. The van der Waals surface area contributed by atoms with Crippen LogP contribution in [0, 0.1) is 0 Å². The quantitative estimate of drug-likeness (QED) is 0.731. The Hall–Kier alpha value is -1.96. The third-order valence-corrected chi connectivity index (χ3v) is 4.52. The highest BCUT2D eigenvalue weighted by Crippen LogP contribution is 2.19. The van der Waals surface area contributed by atoms with Crippen molar-refractivity contribution in [3.63, 3.8) is 0 Å². The zero-order chi connectivity index (χ0) is 18.4. The summed E-state index contributed by atoms with van der Waals surface area (Å²) in [5, 5.41) is 2.05. The van der Waals surface area contributed by atoms with Crippen molar-refractivity contribution in [2.24, 2.45) is 0 Å². The highest BCUT2D eigenvalue weighted by atomic mass is 32.2. The summed E-state index contributed by atoms with van der Waals surface area (Å²) in [4.78, 5) is 11.5. The Morgan fingerprint density at radius 3 is 2.50 bits per heavy atom. The van der Waals surface area contributed by atoms with E-state index in [9.17, 15) is 13.2 Å². The van der Waals surface area contributed by atoms with E-state index >= 15 is 0 Å². The molecular weight excluding hydrogens is 332 g/mol. The van der Waals surface area contributed by atoms with Gasteiger partial charge in [0.25, 0.3) is 0 Å². The number of carbonyl (C=O) groups excluding carboxylic acids is 1. The number of amides is 1. The van der Waals surface area contributed by atoms with Crippen molar-refractivity contribution in [2.45, 2.75) is 45.5 Å². The summed E-state index contributed by atoms with van der Waals surface area (Å²) in [6.45, 7) is 9.07. The molecule has 0 fully saturated rings. The fourth-order valence-corrected chi connectivity index (χ4v) is 2.26. The van der Waals surface area contributed by atoms with E-state index < -0.39 is 27.0 Å². The second-order valence-corrected chi connectivity index (χ2v) is 8.74. The third kappa shape index (κ3) is 7.54. The molecule has 8 heteroatoms. The Morgan fingerprint density at radius 2 is 1.92 bits per heavy atom. The van der Waals surface area contributed by atoms with E-state index in [0.29, 0.717) is 11.4 Å². The van der Waals surface area contributed by atoms with Crippen LogP contribution in [0.3, 0.4) is 0 Å². The van der Waals surface area contributed by atoms with Crippen molar-refractivity contribution in [3.05, 3.63) is 24.3 Å². The van der Waals surface area contributed by atoms with Gasteiger partial charge in [0, 0.05) is 6.07 Å². The zero-order valence-electron chi connectivity index (χ0n) is 14.8. The number of ether oxygens (including phenoxy) is 2. The molecule has 136 valence electrons. The van der Waals surface area contributed by atoms with Crippen LogP contribution in [0.4, 0.5) is 10.5 Å². The van der Waals surface area contributed by atoms with Gasteiger partial charge in [-0.25, -0.2) is 13.2 Å². The van der Waals surface area contributed by atoms with Gasteiger partial charge in [-0.15, -0.1) is 0 Å². The van der Waals surface area contributed by atoms with Gasteiger partial charge in [0.15, 0.2) is 0 Å². The Bertz CT molecular complexity index is 651. The lowest BCUT2D eigenvalue weighted by molar-refractivity contribution is 0.0520. The molecule has 0 heterocycles. The van der Waals surface area contributed by atoms with E-state index in [2.05, 4.69) is 10.0 Å². The molecule has 1 aromatic rings. The van der Waals surface area contributed by atoms with Crippen molar-refractivity contribution in [2.75, 3.05) is 17.9 Å². The van der Waals surface area contributed by atoms with E-state index in [4.69, 9.17) is 9.47 Å². The smallest absolute Gasteiger partial charge is 0.407 e. The van der Waals surface area contributed by atoms with Crippen molar-refractivity contribution in [3.8, 4) is 5.75 Å². The molecular formula is C16H26N2O5S. The lowest BCUT2D eigenvalue weighted by atomic mass is 10.2. The second kappa shape index (κ2) is 8.23. The maximum absolute atomic E-state index is 11.8. The highest BCUT2D eigenvalue weighted by molar-refractivity contribution is 7.93. The van der Waals surface area contributed by atoms with Crippen molar-refractivity contribution in [1.29, 1.82) is 0 Å². The lowest BCUT2D eigenvalue weighted by Crippen LogP contribution is -2.34. The van der Waals surface area contributed by atoms with Gasteiger partial charge in [-0.3, -0.25) is 4.72 Å². The average Bonchev–Trinajstić information content (AvgIpc) is 2.41. The molecule has 1 amide bonds. The molecule has 1 aromatic carbocycles. The molecule has 0 aliphatic rings. The molecule has 0 saturated carbocycles. The van der Waals surface area contributed by atoms with E-state index in [1.807, 2.05) is 0 Å². The van der Waals surface area contributed by atoms with Gasteiger partial charge in [0.1, 0.15) is 18.0 Å². The summed E-state index contributed by atoms with van der Waals surface area (Å²) in [6, 6.07) is 6.63. The fraction of sp³-hybridized carbons (Fsp3) is 0.562. The summed E-state index contributed by atoms with van der Waals surface area (Å²) in [5.74, 6) is 0.505. The minimum absolute atomic E-state index is 0.236. The molecule has 0 radical (unpaired) electrons. The van der Waals surface area contributed by atoms with Crippen molar-refractivity contribution < 1.29 is 22.7 Å². The van der Waals surface area contributed by atoms with Crippen molar-refractivity contribution >= 4 is 21.8 Å². The zero-order valence-corrected chi connectivity index (χ0v) is 15.6. The Labute approximate surface area is 143 Å². The maximum atomic E-state index is 11.8. The number of hydrogen-bond donors (Lipinski definition) is 2. The number of hydrogen-bond acceptors (Lipinski definition) is 5. The standard InChI is InChI=1S/C16H26N2O5S/c1-12(2)24(20,21)18-13-7-6-8-14(11-13)22-10-9-17-15(19)23-16(3,4)5/h6-8,11-12,18H,9-10H2,1-5H3,(H,17,19). The predicted molar refractivity (Wildman–Crippen MR) is 93.9 cm³/mol. The predicted octanol–water partition coefficient (Wildman–Crippen LogP) is 2.74. The number of benzene rings is 1. The van der Waals surface area contributed by atoms with Crippen LogP contribution in [0.25, 0.3) is 0 Å². The van der Waals surface area contributed by atoms with Gasteiger partial charge in [-0.2, -0.15) is 0 Å². The van der Waals surface area contributed by atoms with Crippen LogP contribution in [0.5, 0.6) is 5.75 Å². The van der Waals surface area contributed by atoms with Crippen LogP contribution in [0.2, 0.25) is 0 Å². The van der Waals surface area contributed by atoms with E-state index in [0.717, 1.165) is 0 Å². The van der Waals surface area contributed by atoms with E-state index in [1.165, 1.54) is 0 Å². The lowest BCUT2D eigenvalue weighted by Gasteiger charge is -2.19. The topological polar surface area (TPSA) is 93.7 Å². The summed E-state index contributed by atoms with van der Waals surface area (Å²) in [7, 11) is -3.40. The summed E-state index contributed by atoms with van der Waals surface area (Å²) < 4.78 is 36.8. The fourth-order valence-electron chi connectivity index (χ4n) is 1.57. The molecule has 0 aliphatic heterocycles. The first-order valence-electron chi connectivity index (χ1n) is 7.71. The van der Waals surface area contributed by atoms with Gasteiger partial charge in [-0.1, -0.05) is 6.07 Å². The van der Waals surface area contributed by atoms with Gasteiger partial charge < -0.3 is 14.8 Å². The highest BCUT2D eigenvalue weighted by Gasteiger charge is 2.16. The SMILES string of the molecule is CC(C)S(=O)(=O)Nc1cccc(OCCNC(=O)OC(C)(C)C)c1. The molecule has 0 bridgehead atoms. The van der Waals surface area contributed by atoms with Crippen LogP contribution in [-0.2, 0) is 14.8 Å². The number of alkyl carbamates (subject to hydrolysis) is 1. The summed E-state index contributed by atoms with van der Waals surface area (Å²) >= 11 is 0. The number of rotatable bonds is 7. The summed E-state index contributed by atoms with van der Waals surface area (Å²) in [5.41, 5.74) is -0.117. The Balaban J connectivity index is 2.47. The maximum Gasteiger partial charge on any atom is 0.407 e. The second-order valence-electron chi connectivity index (χ2n) is 6.50. The van der Waals surface area contributed by atoms with Crippen LogP contribution in [0.15, 0.2) is 24.3 Å². The normalized spacial score (nSPS) is 11.9. The first kappa shape index (κ1) is 20.1. The minimum atomic E-state index is -3.40. The minimum Gasteiger partial charge on any atom is -0.492 e. The van der Waals surface area contributed by atoms with Crippen molar-refractivity contribution in [1.82, 2.24) is 5.32 Å². The number of nitrogens with one attached hydrogen (secondary N) is 2. The molecule has 0 spiro atoms. The Morgan fingerprint density at radius 1 is 1.25 bits per heavy atom. The van der Waals surface area contributed by atoms with E-state index in [1.54, 1.807) is 58.9 Å². The molecule has 24 heavy (non-hydrogen) atoms. The molecule has 0 atom stereocenters. The van der Waals surface area contributed by atoms with E-state index in [-0.39, 0.29) is 13.2 Å². The molecule has 2 N–H and O–H groups in total. The molecule has 0 aliphatic carbocycles. The Kier molecular flexibility index (Phi) is 6.89. The first-order chi connectivity index (χ1) is 11.0. The third-order valence-electron chi connectivity index (χ3n) is 2.75. The molecule has 1 rings (SSSR count). The average molecular weight is 358 g/mol. The van der Waals surface area contributed by atoms with Crippen LogP contribution < -0.4 is 14.8 Å². The number of carbonyl (C=O) groups is 1. The first-order valence-corrected chi connectivity index (χ1v) is 9.25. The molecule has 0 unspecified atom stereocenters. The van der Waals surface area contributed by atoms with Gasteiger partial charge in [0.2, 0.25) is 10.0 Å². The molecule has 7 nitrogen and oxygen atoms in total. The number of anilines is 1. The largest absolute Gasteiger partial charge is 0.492 e. The van der Waals surface area contributed by atoms with Crippen LogP contribution in [-0.4, -0.2) is 38.5 Å². The number of sulfonamides is 1.